The Morgan fingerprint density at radius 1 is 1.21 bits per heavy atom. The molecule has 4 nitrogen and oxygen atoms in total. The Labute approximate surface area is 112 Å². The van der Waals surface area contributed by atoms with E-state index in [4.69, 9.17) is 4.42 Å². The van der Waals surface area contributed by atoms with Crippen molar-refractivity contribution in [2.45, 2.75) is 13.3 Å². The van der Waals surface area contributed by atoms with Gasteiger partial charge in [0.2, 0.25) is 0 Å². The van der Waals surface area contributed by atoms with E-state index < -0.39 is 0 Å². The van der Waals surface area contributed by atoms with Crippen molar-refractivity contribution in [3.63, 3.8) is 0 Å². The number of amides is 1. The maximum Gasteiger partial charge on any atom is 0.253 e. The van der Waals surface area contributed by atoms with Gasteiger partial charge in [0.05, 0.1) is 11.8 Å². The van der Waals surface area contributed by atoms with Crippen LogP contribution in [0, 0.1) is 0 Å². The van der Waals surface area contributed by atoms with Crippen molar-refractivity contribution in [1.29, 1.82) is 0 Å². The highest BCUT2D eigenvalue weighted by Gasteiger charge is 2.09. The minimum absolute atomic E-state index is 0.0666. The van der Waals surface area contributed by atoms with E-state index in [1.54, 1.807) is 6.26 Å². The summed E-state index contributed by atoms with van der Waals surface area (Å²) in [4.78, 5) is 12.1. The number of carbonyl (C=O) groups excluding carboxylic acids is 1. The lowest BCUT2D eigenvalue weighted by molar-refractivity contribution is 0.0954. The molecule has 1 amide bonds. The Morgan fingerprint density at radius 3 is 2.79 bits per heavy atom. The summed E-state index contributed by atoms with van der Waals surface area (Å²) in [6.07, 6.45) is 2.33. The molecule has 0 saturated heterocycles. The van der Waals surface area contributed by atoms with Gasteiger partial charge in [-0.05, 0) is 31.2 Å². The Hall–Kier alpha value is -2.23. The van der Waals surface area contributed by atoms with E-state index in [0.29, 0.717) is 18.5 Å². The molecule has 0 saturated carbocycles. The largest absolute Gasteiger partial charge is 0.469 e. The summed E-state index contributed by atoms with van der Waals surface area (Å²) >= 11 is 0. The SMILES string of the molecule is CCNc1ccccc1C(=O)NCCc1ccco1. The first kappa shape index (κ1) is 13.2. The summed E-state index contributed by atoms with van der Waals surface area (Å²) in [7, 11) is 0. The quantitative estimate of drug-likeness (QED) is 0.837. The predicted octanol–water partition coefficient (Wildman–Crippen LogP) is 2.68. The molecule has 0 aliphatic carbocycles. The monoisotopic (exact) mass is 258 g/mol. The lowest BCUT2D eigenvalue weighted by Crippen LogP contribution is -2.26. The number of carbonyl (C=O) groups is 1. The van der Waals surface area contributed by atoms with Crippen LogP contribution >= 0.6 is 0 Å². The van der Waals surface area contributed by atoms with Crippen molar-refractivity contribution in [1.82, 2.24) is 5.32 Å². The molecule has 4 heteroatoms. The summed E-state index contributed by atoms with van der Waals surface area (Å²) in [5.41, 5.74) is 1.53. The number of benzene rings is 1. The van der Waals surface area contributed by atoms with Crippen LogP contribution in [-0.4, -0.2) is 19.0 Å². The van der Waals surface area contributed by atoms with E-state index in [1.165, 1.54) is 0 Å². The Bertz CT molecular complexity index is 521. The number of anilines is 1. The summed E-state index contributed by atoms with van der Waals surface area (Å²) in [6, 6.07) is 11.3. The lowest BCUT2D eigenvalue weighted by Gasteiger charge is -2.10. The van der Waals surface area contributed by atoms with Crippen LogP contribution in [0.4, 0.5) is 5.69 Å². The summed E-state index contributed by atoms with van der Waals surface area (Å²) in [5, 5.41) is 6.08. The molecule has 2 rings (SSSR count). The number of nitrogens with one attached hydrogen (secondary N) is 2. The summed E-state index contributed by atoms with van der Waals surface area (Å²) in [6.45, 7) is 3.36. The molecular weight excluding hydrogens is 240 g/mol. The van der Waals surface area contributed by atoms with E-state index in [-0.39, 0.29) is 5.91 Å². The Kier molecular flexibility index (Phi) is 4.61. The molecule has 0 aliphatic rings. The topological polar surface area (TPSA) is 54.3 Å². The minimum atomic E-state index is -0.0666. The Morgan fingerprint density at radius 2 is 2.05 bits per heavy atom. The smallest absolute Gasteiger partial charge is 0.253 e. The first-order valence-corrected chi connectivity index (χ1v) is 6.44. The van der Waals surface area contributed by atoms with E-state index in [0.717, 1.165) is 18.0 Å². The van der Waals surface area contributed by atoms with Gasteiger partial charge < -0.3 is 15.1 Å². The molecule has 2 aromatic rings. The van der Waals surface area contributed by atoms with Crippen molar-refractivity contribution in [3.8, 4) is 0 Å². The lowest BCUT2D eigenvalue weighted by atomic mass is 10.1. The molecule has 1 aromatic heterocycles. The first-order chi connectivity index (χ1) is 9.31. The third kappa shape index (κ3) is 3.61. The average Bonchev–Trinajstić information content (AvgIpc) is 2.93. The standard InChI is InChI=1S/C15H18N2O2/c1-2-16-14-8-4-3-7-13(14)15(18)17-10-9-12-6-5-11-19-12/h3-8,11,16H,2,9-10H2,1H3,(H,17,18). The predicted molar refractivity (Wildman–Crippen MR) is 75.4 cm³/mol. The van der Waals surface area contributed by atoms with Crippen LogP contribution in [0.25, 0.3) is 0 Å². The highest BCUT2D eigenvalue weighted by Crippen LogP contribution is 2.14. The average molecular weight is 258 g/mol. The van der Waals surface area contributed by atoms with Crippen LogP contribution in [0.3, 0.4) is 0 Å². The van der Waals surface area contributed by atoms with Crippen LogP contribution < -0.4 is 10.6 Å². The van der Waals surface area contributed by atoms with Crippen molar-refractivity contribution >= 4 is 11.6 Å². The van der Waals surface area contributed by atoms with Gasteiger partial charge in [0.1, 0.15) is 5.76 Å². The third-order valence-corrected chi connectivity index (χ3v) is 2.78. The summed E-state index contributed by atoms with van der Waals surface area (Å²) in [5.74, 6) is 0.809. The van der Waals surface area contributed by atoms with Crippen LogP contribution in [0.5, 0.6) is 0 Å². The van der Waals surface area contributed by atoms with Gasteiger partial charge in [-0.3, -0.25) is 4.79 Å². The first-order valence-electron chi connectivity index (χ1n) is 6.44. The van der Waals surface area contributed by atoms with Gasteiger partial charge in [0.25, 0.3) is 5.91 Å². The molecule has 0 aliphatic heterocycles. The van der Waals surface area contributed by atoms with Gasteiger partial charge in [0.15, 0.2) is 0 Å². The van der Waals surface area contributed by atoms with E-state index in [2.05, 4.69) is 10.6 Å². The van der Waals surface area contributed by atoms with Gasteiger partial charge in [-0.15, -0.1) is 0 Å². The van der Waals surface area contributed by atoms with Gasteiger partial charge in [-0.2, -0.15) is 0 Å². The van der Waals surface area contributed by atoms with Crippen LogP contribution in [0.2, 0.25) is 0 Å². The van der Waals surface area contributed by atoms with E-state index in [1.807, 2.05) is 43.3 Å². The molecule has 1 aromatic carbocycles. The molecule has 0 unspecified atom stereocenters. The Balaban J connectivity index is 1.92. The molecule has 0 bridgehead atoms. The molecule has 0 atom stereocenters. The number of para-hydroxylation sites is 1. The fraction of sp³-hybridized carbons (Fsp3) is 0.267. The molecule has 0 spiro atoms. The van der Waals surface area contributed by atoms with Crippen LogP contribution in [0.1, 0.15) is 23.0 Å². The fourth-order valence-electron chi connectivity index (χ4n) is 1.88. The fourth-order valence-corrected chi connectivity index (χ4v) is 1.88. The van der Waals surface area contributed by atoms with Crippen LogP contribution in [0.15, 0.2) is 47.1 Å². The van der Waals surface area contributed by atoms with Gasteiger partial charge in [-0.25, -0.2) is 0 Å². The van der Waals surface area contributed by atoms with Crippen molar-refractivity contribution in [2.75, 3.05) is 18.4 Å². The van der Waals surface area contributed by atoms with Gasteiger partial charge >= 0.3 is 0 Å². The molecule has 2 N–H and O–H groups in total. The van der Waals surface area contributed by atoms with Crippen molar-refractivity contribution in [3.05, 3.63) is 54.0 Å². The third-order valence-electron chi connectivity index (χ3n) is 2.78. The maximum absolute atomic E-state index is 12.1. The molecule has 0 radical (unpaired) electrons. The second-order valence-electron chi connectivity index (χ2n) is 4.16. The van der Waals surface area contributed by atoms with E-state index >= 15 is 0 Å². The minimum Gasteiger partial charge on any atom is -0.469 e. The molecule has 0 fully saturated rings. The highest BCUT2D eigenvalue weighted by atomic mass is 16.3. The number of hydrogen-bond donors (Lipinski definition) is 2. The zero-order chi connectivity index (χ0) is 13.5. The van der Waals surface area contributed by atoms with Gasteiger partial charge in [-0.1, -0.05) is 12.1 Å². The second-order valence-corrected chi connectivity index (χ2v) is 4.16. The number of rotatable bonds is 6. The zero-order valence-electron chi connectivity index (χ0n) is 11.0. The van der Waals surface area contributed by atoms with Crippen LogP contribution in [-0.2, 0) is 6.42 Å². The van der Waals surface area contributed by atoms with Gasteiger partial charge in [0, 0.05) is 25.2 Å². The van der Waals surface area contributed by atoms with E-state index in [9.17, 15) is 4.79 Å². The molecule has 100 valence electrons. The normalized spacial score (nSPS) is 10.2. The second kappa shape index (κ2) is 6.64. The molecular formula is C15H18N2O2. The number of furan rings is 1. The summed E-state index contributed by atoms with van der Waals surface area (Å²) < 4.78 is 5.22. The zero-order valence-corrected chi connectivity index (χ0v) is 11.0. The molecule has 19 heavy (non-hydrogen) atoms. The molecule has 1 heterocycles. The highest BCUT2D eigenvalue weighted by molar-refractivity contribution is 5.99. The van der Waals surface area contributed by atoms with Crippen molar-refractivity contribution < 1.29 is 9.21 Å². The van der Waals surface area contributed by atoms with Crippen molar-refractivity contribution in [2.24, 2.45) is 0 Å². The maximum atomic E-state index is 12.1. The number of hydrogen-bond acceptors (Lipinski definition) is 3.